The Kier molecular flexibility index (Phi) is 5.86. The van der Waals surface area contributed by atoms with Crippen LogP contribution in [0.2, 0.25) is 0 Å². The number of thioether (sulfide) groups is 1. The van der Waals surface area contributed by atoms with E-state index in [1.165, 1.54) is 0 Å². The van der Waals surface area contributed by atoms with Gasteiger partial charge in [0.25, 0.3) is 0 Å². The van der Waals surface area contributed by atoms with Crippen molar-refractivity contribution < 1.29 is 5.11 Å². The average molecular weight is 218 g/mol. The topological polar surface area (TPSA) is 35.5 Å². The van der Waals surface area contributed by atoms with Gasteiger partial charge in [-0.25, -0.2) is 0 Å². The number of rotatable bonds is 6. The van der Waals surface area contributed by atoms with Crippen molar-refractivity contribution in [2.75, 3.05) is 38.5 Å². The Labute approximate surface area is 91.2 Å². The molecule has 0 radical (unpaired) electrons. The number of nitrogens with one attached hydrogen (secondary N) is 1. The standard InChI is InChI=1S/C10H22N2OS/c1-3-12(4-2)5-6-14-10-8-11-7-9(10)13/h9-11,13H,3-8H2,1-2H3. The Hall–Kier alpha value is 0.230. The maximum atomic E-state index is 9.57. The molecule has 1 aliphatic rings. The smallest absolute Gasteiger partial charge is 0.0795 e. The third kappa shape index (κ3) is 3.77. The monoisotopic (exact) mass is 218 g/mol. The molecule has 84 valence electrons. The van der Waals surface area contributed by atoms with Gasteiger partial charge in [0.2, 0.25) is 0 Å². The van der Waals surface area contributed by atoms with E-state index in [0.29, 0.717) is 5.25 Å². The SMILES string of the molecule is CCN(CC)CCSC1CNCC1O. The van der Waals surface area contributed by atoms with Gasteiger partial charge in [-0.2, -0.15) is 11.8 Å². The third-order valence-corrected chi connectivity index (χ3v) is 4.09. The van der Waals surface area contributed by atoms with Gasteiger partial charge in [0, 0.05) is 30.6 Å². The van der Waals surface area contributed by atoms with Crippen LogP contribution in [0.3, 0.4) is 0 Å². The molecule has 1 heterocycles. The molecule has 1 fully saturated rings. The molecule has 3 nitrogen and oxygen atoms in total. The van der Waals surface area contributed by atoms with Crippen LogP contribution >= 0.6 is 11.8 Å². The van der Waals surface area contributed by atoms with E-state index < -0.39 is 0 Å². The van der Waals surface area contributed by atoms with Crippen molar-refractivity contribution in [2.24, 2.45) is 0 Å². The van der Waals surface area contributed by atoms with Gasteiger partial charge in [0.15, 0.2) is 0 Å². The first-order valence-electron chi connectivity index (χ1n) is 5.50. The zero-order valence-electron chi connectivity index (χ0n) is 9.20. The second-order valence-corrected chi connectivity index (χ2v) is 5.01. The second-order valence-electron chi connectivity index (χ2n) is 3.66. The van der Waals surface area contributed by atoms with E-state index in [9.17, 15) is 5.11 Å². The number of β-amino-alcohol motifs (C(OH)–C–C–N with tert-alkyl or cyclic N) is 1. The molecule has 0 bridgehead atoms. The fourth-order valence-corrected chi connectivity index (χ4v) is 2.90. The van der Waals surface area contributed by atoms with Crippen LogP contribution < -0.4 is 5.32 Å². The van der Waals surface area contributed by atoms with E-state index in [0.717, 1.165) is 38.5 Å². The normalized spacial score (nSPS) is 27.4. The van der Waals surface area contributed by atoms with Crippen LogP contribution in [0.1, 0.15) is 13.8 Å². The van der Waals surface area contributed by atoms with E-state index in [-0.39, 0.29) is 6.10 Å². The summed E-state index contributed by atoms with van der Waals surface area (Å²) in [5.74, 6) is 1.13. The third-order valence-electron chi connectivity index (χ3n) is 2.76. The first kappa shape index (κ1) is 12.3. The molecule has 4 heteroatoms. The zero-order chi connectivity index (χ0) is 10.4. The van der Waals surface area contributed by atoms with Crippen LogP contribution in [0.4, 0.5) is 0 Å². The van der Waals surface area contributed by atoms with Crippen molar-refractivity contribution in [3.8, 4) is 0 Å². The minimum Gasteiger partial charge on any atom is -0.391 e. The highest BCUT2D eigenvalue weighted by molar-refractivity contribution is 8.00. The minimum absolute atomic E-state index is 0.142. The molecule has 0 aromatic rings. The summed E-state index contributed by atoms with van der Waals surface area (Å²) in [5.41, 5.74) is 0. The largest absolute Gasteiger partial charge is 0.391 e. The van der Waals surface area contributed by atoms with Gasteiger partial charge < -0.3 is 15.3 Å². The molecular weight excluding hydrogens is 196 g/mol. The molecule has 2 N–H and O–H groups in total. The van der Waals surface area contributed by atoms with Gasteiger partial charge in [-0.1, -0.05) is 13.8 Å². The Morgan fingerprint density at radius 1 is 1.36 bits per heavy atom. The first-order chi connectivity index (χ1) is 6.77. The van der Waals surface area contributed by atoms with E-state index in [4.69, 9.17) is 0 Å². The fourth-order valence-electron chi connectivity index (χ4n) is 1.68. The lowest BCUT2D eigenvalue weighted by Crippen LogP contribution is -2.27. The molecule has 1 rings (SSSR count). The Morgan fingerprint density at radius 3 is 2.57 bits per heavy atom. The second kappa shape index (κ2) is 6.67. The Morgan fingerprint density at radius 2 is 2.07 bits per heavy atom. The molecule has 2 unspecified atom stereocenters. The zero-order valence-corrected chi connectivity index (χ0v) is 10.0. The van der Waals surface area contributed by atoms with Crippen LogP contribution in [-0.4, -0.2) is 59.8 Å². The molecule has 1 aliphatic heterocycles. The van der Waals surface area contributed by atoms with E-state index >= 15 is 0 Å². The number of aliphatic hydroxyl groups is 1. The lowest BCUT2D eigenvalue weighted by molar-refractivity contribution is 0.201. The maximum Gasteiger partial charge on any atom is 0.0795 e. The van der Waals surface area contributed by atoms with E-state index in [1.54, 1.807) is 0 Å². The summed E-state index contributed by atoms with van der Waals surface area (Å²) in [6.07, 6.45) is -0.142. The Balaban J connectivity index is 2.08. The van der Waals surface area contributed by atoms with Crippen molar-refractivity contribution in [1.29, 1.82) is 0 Å². The number of nitrogens with zero attached hydrogens (tertiary/aromatic N) is 1. The van der Waals surface area contributed by atoms with Crippen LogP contribution in [-0.2, 0) is 0 Å². The summed E-state index contributed by atoms with van der Waals surface area (Å²) in [6, 6.07) is 0. The van der Waals surface area contributed by atoms with E-state index in [2.05, 4.69) is 24.1 Å². The van der Waals surface area contributed by atoms with Gasteiger partial charge in [0.05, 0.1) is 6.10 Å². The summed E-state index contributed by atoms with van der Waals surface area (Å²) in [7, 11) is 0. The highest BCUT2D eigenvalue weighted by atomic mass is 32.2. The highest BCUT2D eigenvalue weighted by Crippen LogP contribution is 2.17. The average Bonchev–Trinajstić information content (AvgIpc) is 2.59. The first-order valence-corrected chi connectivity index (χ1v) is 6.55. The van der Waals surface area contributed by atoms with Crippen LogP contribution in [0.25, 0.3) is 0 Å². The lowest BCUT2D eigenvalue weighted by atomic mass is 10.3. The number of hydrogen-bond acceptors (Lipinski definition) is 4. The maximum absolute atomic E-state index is 9.57. The molecule has 1 saturated heterocycles. The number of hydrogen-bond donors (Lipinski definition) is 2. The molecule has 0 aromatic carbocycles. The molecular formula is C10H22N2OS. The van der Waals surface area contributed by atoms with Crippen LogP contribution in [0.15, 0.2) is 0 Å². The lowest BCUT2D eigenvalue weighted by Gasteiger charge is -2.19. The summed E-state index contributed by atoms with van der Waals surface area (Å²) in [5, 5.41) is 13.2. The van der Waals surface area contributed by atoms with Crippen LogP contribution in [0.5, 0.6) is 0 Å². The predicted octanol–water partition coefficient (Wildman–Crippen LogP) is 0.394. The van der Waals surface area contributed by atoms with Gasteiger partial charge in [-0.05, 0) is 13.1 Å². The summed E-state index contributed by atoms with van der Waals surface area (Å²) in [4.78, 5) is 2.42. The van der Waals surface area contributed by atoms with Crippen molar-refractivity contribution in [3.05, 3.63) is 0 Å². The highest BCUT2D eigenvalue weighted by Gasteiger charge is 2.24. The van der Waals surface area contributed by atoms with Crippen molar-refractivity contribution in [3.63, 3.8) is 0 Å². The van der Waals surface area contributed by atoms with Gasteiger partial charge >= 0.3 is 0 Å². The van der Waals surface area contributed by atoms with Gasteiger partial charge in [-0.15, -0.1) is 0 Å². The summed E-state index contributed by atoms with van der Waals surface area (Å²) >= 11 is 1.90. The number of aliphatic hydroxyl groups excluding tert-OH is 1. The van der Waals surface area contributed by atoms with Gasteiger partial charge in [-0.3, -0.25) is 0 Å². The van der Waals surface area contributed by atoms with Crippen molar-refractivity contribution in [1.82, 2.24) is 10.2 Å². The molecule has 0 aliphatic carbocycles. The van der Waals surface area contributed by atoms with Crippen LogP contribution in [0, 0.1) is 0 Å². The predicted molar refractivity (Wildman–Crippen MR) is 62.9 cm³/mol. The van der Waals surface area contributed by atoms with E-state index in [1.807, 2.05) is 11.8 Å². The van der Waals surface area contributed by atoms with Crippen molar-refractivity contribution in [2.45, 2.75) is 25.2 Å². The molecule has 2 atom stereocenters. The minimum atomic E-state index is -0.142. The summed E-state index contributed by atoms with van der Waals surface area (Å²) in [6.45, 7) is 9.51. The molecule has 0 spiro atoms. The molecule has 0 amide bonds. The Bertz CT molecular complexity index is 153. The quantitative estimate of drug-likeness (QED) is 0.676. The molecule has 14 heavy (non-hydrogen) atoms. The fraction of sp³-hybridized carbons (Fsp3) is 1.00. The summed E-state index contributed by atoms with van der Waals surface area (Å²) < 4.78 is 0. The molecule has 0 aromatic heterocycles. The van der Waals surface area contributed by atoms with Gasteiger partial charge in [0.1, 0.15) is 0 Å². The molecule has 0 saturated carbocycles. The van der Waals surface area contributed by atoms with Crippen molar-refractivity contribution >= 4 is 11.8 Å².